The van der Waals surface area contributed by atoms with Gasteiger partial charge in [0.15, 0.2) is 11.5 Å². The van der Waals surface area contributed by atoms with Crippen LogP contribution in [0.25, 0.3) is 5.57 Å². The van der Waals surface area contributed by atoms with Crippen molar-refractivity contribution in [2.45, 2.75) is 13.0 Å². The number of fused-ring (bicyclic) bond motifs is 1. The molecule has 0 aromatic heterocycles. The van der Waals surface area contributed by atoms with Gasteiger partial charge >= 0.3 is 0 Å². The lowest BCUT2D eigenvalue weighted by Gasteiger charge is -2.19. The van der Waals surface area contributed by atoms with E-state index in [1.165, 1.54) is 0 Å². The molecule has 1 N–H and O–H groups in total. The Labute approximate surface area is 182 Å². The van der Waals surface area contributed by atoms with Crippen LogP contribution in [0.3, 0.4) is 0 Å². The second-order valence-corrected chi connectivity index (χ2v) is 7.25. The molecule has 0 radical (unpaired) electrons. The molecule has 4 rings (SSSR count). The summed E-state index contributed by atoms with van der Waals surface area (Å²) in [6, 6.07) is 23.4. The maximum atomic E-state index is 12.5. The topological polar surface area (TPSA) is 56.8 Å². The number of hydrogen-bond donors (Lipinski definition) is 1. The molecule has 0 atom stereocenters. The van der Waals surface area contributed by atoms with Gasteiger partial charge in [-0.25, -0.2) is 0 Å². The van der Waals surface area contributed by atoms with Gasteiger partial charge in [-0.05, 0) is 41.0 Å². The number of carbonyl (C=O) groups is 1. The summed E-state index contributed by atoms with van der Waals surface area (Å²) in [6.07, 6.45) is 2.27. The van der Waals surface area contributed by atoms with E-state index in [2.05, 4.69) is 5.32 Å². The van der Waals surface area contributed by atoms with Crippen LogP contribution in [-0.2, 0) is 17.8 Å². The van der Waals surface area contributed by atoms with Gasteiger partial charge in [0.1, 0.15) is 19.0 Å². The van der Waals surface area contributed by atoms with Gasteiger partial charge in [-0.2, -0.15) is 0 Å². The molecule has 0 aliphatic carbocycles. The summed E-state index contributed by atoms with van der Waals surface area (Å²) in [5.74, 6) is 2.07. The van der Waals surface area contributed by atoms with Crippen LogP contribution in [-0.4, -0.2) is 26.2 Å². The van der Waals surface area contributed by atoms with Crippen LogP contribution in [0.15, 0.2) is 78.9 Å². The molecule has 5 heteroatoms. The number of amides is 1. The summed E-state index contributed by atoms with van der Waals surface area (Å²) >= 11 is 0. The van der Waals surface area contributed by atoms with Crippen molar-refractivity contribution in [3.63, 3.8) is 0 Å². The lowest BCUT2D eigenvalue weighted by Crippen LogP contribution is -2.27. The highest BCUT2D eigenvalue weighted by Crippen LogP contribution is 2.30. The minimum Gasteiger partial charge on any atom is -0.493 e. The van der Waals surface area contributed by atoms with Gasteiger partial charge in [0.2, 0.25) is 5.91 Å². The number of methoxy groups -OCH3 is 1. The van der Waals surface area contributed by atoms with Crippen molar-refractivity contribution in [3.05, 3.63) is 95.6 Å². The zero-order valence-electron chi connectivity index (χ0n) is 17.5. The van der Waals surface area contributed by atoms with E-state index in [1.54, 1.807) is 7.11 Å². The van der Waals surface area contributed by atoms with E-state index in [0.29, 0.717) is 31.3 Å². The fraction of sp³-hybridized carbons (Fsp3) is 0.192. The molecule has 1 aliphatic heterocycles. The van der Waals surface area contributed by atoms with Gasteiger partial charge in [0.05, 0.1) is 13.5 Å². The molecule has 1 heterocycles. The fourth-order valence-corrected chi connectivity index (χ4v) is 3.49. The highest BCUT2D eigenvalue weighted by molar-refractivity contribution is 5.82. The summed E-state index contributed by atoms with van der Waals surface area (Å²) in [5, 5.41) is 3.01. The van der Waals surface area contributed by atoms with Crippen LogP contribution in [0.1, 0.15) is 16.7 Å². The minimum atomic E-state index is -0.0510. The highest BCUT2D eigenvalue weighted by atomic mass is 16.5. The maximum Gasteiger partial charge on any atom is 0.224 e. The van der Waals surface area contributed by atoms with Gasteiger partial charge in [0, 0.05) is 12.1 Å². The van der Waals surface area contributed by atoms with Gasteiger partial charge in [0.25, 0.3) is 0 Å². The normalized spacial score (nSPS) is 12.2. The lowest BCUT2D eigenvalue weighted by molar-refractivity contribution is -0.120. The van der Waals surface area contributed by atoms with Crippen LogP contribution < -0.4 is 19.5 Å². The van der Waals surface area contributed by atoms with Crippen LogP contribution in [0, 0.1) is 0 Å². The molecule has 0 spiro atoms. The van der Waals surface area contributed by atoms with E-state index >= 15 is 0 Å². The number of carbonyl (C=O) groups excluding carboxylic acids is 1. The molecule has 1 amide bonds. The van der Waals surface area contributed by atoms with Crippen molar-refractivity contribution in [2.24, 2.45) is 0 Å². The van der Waals surface area contributed by atoms with Gasteiger partial charge in [-0.15, -0.1) is 0 Å². The first-order chi connectivity index (χ1) is 15.2. The summed E-state index contributed by atoms with van der Waals surface area (Å²) in [7, 11) is 1.60. The number of rotatable bonds is 8. The molecule has 0 fully saturated rings. The number of para-hydroxylation sites is 1. The fourth-order valence-electron chi connectivity index (χ4n) is 3.49. The first-order valence-corrected chi connectivity index (χ1v) is 10.2. The SMILES string of the molecule is COc1cc(CC(=O)NCC2=CCOc3ccccc32)ccc1OCc1ccccc1. The zero-order chi connectivity index (χ0) is 21.5. The molecule has 5 nitrogen and oxygen atoms in total. The maximum absolute atomic E-state index is 12.5. The zero-order valence-corrected chi connectivity index (χ0v) is 17.5. The average Bonchev–Trinajstić information content (AvgIpc) is 2.82. The first kappa shape index (κ1) is 20.5. The summed E-state index contributed by atoms with van der Waals surface area (Å²) < 4.78 is 17.0. The second-order valence-electron chi connectivity index (χ2n) is 7.25. The average molecular weight is 415 g/mol. The van der Waals surface area contributed by atoms with Crippen LogP contribution >= 0.6 is 0 Å². The third-order valence-corrected chi connectivity index (χ3v) is 5.11. The van der Waals surface area contributed by atoms with E-state index < -0.39 is 0 Å². The number of benzene rings is 3. The molecule has 0 saturated carbocycles. The van der Waals surface area contributed by atoms with E-state index in [-0.39, 0.29) is 12.3 Å². The van der Waals surface area contributed by atoms with Crippen LogP contribution in [0.4, 0.5) is 0 Å². The first-order valence-electron chi connectivity index (χ1n) is 10.2. The van der Waals surface area contributed by atoms with E-state index in [9.17, 15) is 4.79 Å². The third-order valence-electron chi connectivity index (χ3n) is 5.11. The molecule has 0 unspecified atom stereocenters. The predicted octanol–water partition coefficient (Wildman–Crippen LogP) is 4.41. The molecule has 0 saturated heterocycles. The third kappa shape index (κ3) is 5.25. The van der Waals surface area contributed by atoms with Crippen LogP contribution in [0.2, 0.25) is 0 Å². The van der Waals surface area contributed by atoms with E-state index in [4.69, 9.17) is 14.2 Å². The Hall–Kier alpha value is -3.73. The summed E-state index contributed by atoms with van der Waals surface area (Å²) in [5.41, 5.74) is 4.04. The smallest absolute Gasteiger partial charge is 0.224 e. The molecule has 0 bridgehead atoms. The van der Waals surface area contributed by atoms with E-state index in [1.807, 2.05) is 78.9 Å². The summed E-state index contributed by atoms with van der Waals surface area (Å²) in [6.45, 7) is 1.44. The highest BCUT2D eigenvalue weighted by Gasteiger charge is 2.14. The quantitative estimate of drug-likeness (QED) is 0.592. The molecule has 1 aliphatic rings. The number of ether oxygens (including phenoxy) is 3. The van der Waals surface area contributed by atoms with Gasteiger partial charge in [-0.1, -0.05) is 54.6 Å². The molecule has 3 aromatic carbocycles. The Morgan fingerprint density at radius 1 is 0.968 bits per heavy atom. The minimum absolute atomic E-state index is 0.0510. The Morgan fingerprint density at radius 3 is 2.61 bits per heavy atom. The Kier molecular flexibility index (Phi) is 6.53. The van der Waals surface area contributed by atoms with Gasteiger partial charge < -0.3 is 19.5 Å². The number of hydrogen-bond acceptors (Lipinski definition) is 4. The number of nitrogens with one attached hydrogen (secondary N) is 1. The van der Waals surface area contributed by atoms with Crippen molar-refractivity contribution in [1.82, 2.24) is 5.32 Å². The van der Waals surface area contributed by atoms with Crippen LogP contribution in [0.5, 0.6) is 17.2 Å². The van der Waals surface area contributed by atoms with E-state index in [0.717, 1.165) is 28.0 Å². The van der Waals surface area contributed by atoms with Crippen molar-refractivity contribution in [3.8, 4) is 17.2 Å². The van der Waals surface area contributed by atoms with Gasteiger partial charge in [-0.3, -0.25) is 4.79 Å². The van der Waals surface area contributed by atoms with Crippen molar-refractivity contribution < 1.29 is 19.0 Å². The lowest BCUT2D eigenvalue weighted by atomic mass is 10.0. The molecule has 3 aromatic rings. The molecule has 158 valence electrons. The Balaban J connectivity index is 1.34. The Morgan fingerprint density at radius 2 is 1.77 bits per heavy atom. The molecular formula is C26H25NO4. The monoisotopic (exact) mass is 415 g/mol. The standard InChI is InChI=1S/C26H25NO4/c1-29-25-15-20(11-12-24(25)31-18-19-7-3-2-4-8-19)16-26(28)27-17-21-13-14-30-23-10-6-5-9-22(21)23/h2-13,15H,14,16-18H2,1H3,(H,27,28). The largest absolute Gasteiger partial charge is 0.493 e. The van der Waals surface area contributed by atoms with Crippen molar-refractivity contribution in [2.75, 3.05) is 20.3 Å². The molecule has 31 heavy (non-hydrogen) atoms. The summed E-state index contributed by atoms with van der Waals surface area (Å²) in [4.78, 5) is 12.5. The Bertz CT molecular complexity index is 1080. The second kappa shape index (κ2) is 9.85. The van der Waals surface area contributed by atoms with Crippen molar-refractivity contribution in [1.29, 1.82) is 0 Å². The predicted molar refractivity (Wildman–Crippen MR) is 120 cm³/mol. The molecular weight excluding hydrogens is 390 g/mol. The van der Waals surface area contributed by atoms with Crippen molar-refractivity contribution >= 4 is 11.5 Å².